The molecule has 0 unspecified atom stereocenters. The number of H-pyrrole nitrogens is 2. The molecule has 0 aliphatic carbocycles. The molecule has 2 aromatic carbocycles. The van der Waals surface area contributed by atoms with Crippen LogP contribution >= 0.6 is 0 Å². The van der Waals surface area contributed by atoms with Gasteiger partial charge in [0.25, 0.3) is 0 Å². The Balaban J connectivity index is 1.85. The smallest absolute Gasteiger partial charge is 0.323 e. The standard InChI is InChI=1S/C21H17FN6O/c1-27(2)19-20-26-17(12-3-6-14(22)7-4-12)18(28(20)10-9-23-19)13-5-8-15-16(11-13)25-21(29)24-15/h3-11H,1-2H3,(H2,24,25,29). The summed E-state index contributed by atoms with van der Waals surface area (Å²) in [5.74, 6) is 0.416. The zero-order valence-electron chi connectivity index (χ0n) is 15.8. The molecule has 0 aliphatic rings. The molecule has 144 valence electrons. The average molecular weight is 388 g/mol. The number of fused-ring (bicyclic) bond motifs is 2. The summed E-state index contributed by atoms with van der Waals surface area (Å²) in [4.78, 5) is 28.4. The number of nitrogens with one attached hydrogen (secondary N) is 2. The Morgan fingerprint density at radius 3 is 2.48 bits per heavy atom. The molecular weight excluding hydrogens is 371 g/mol. The minimum Gasteiger partial charge on any atom is -0.360 e. The van der Waals surface area contributed by atoms with Gasteiger partial charge in [0.05, 0.1) is 22.4 Å². The van der Waals surface area contributed by atoms with Gasteiger partial charge in [-0.1, -0.05) is 6.07 Å². The van der Waals surface area contributed by atoms with E-state index in [1.54, 1.807) is 18.3 Å². The number of rotatable bonds is 3. The lowest BCUT2D eigenvalue weighted by molar-refractivity contribution is 0.628. The Morgan fingerprint density at radius 2 is 1.72 bits per heavy atom. The Labute approximate surface area is 164 Å². The van der Waals surface area contributed by atoms with Gasteiger partial charge in [-0.15, -0.1) is 0 Å². The van der Waals surface area contributed by atoms with Crippen molar-refractivity contribution in [1.82, 2.24) is 24.3 Å². The van der Waals surface area contributed by atoms with Gasteiger partial charge < -0.3 is 14.9 Å². The van der Waals surface area contributed by atoms with Gasteiger partial charge in [0.2, 0.25) is 0 Å². The SMILES string of the molecule is CN(C)c1nccn2c(-c3ccc4[nH]c(=O)[nH]c4c3)c(-c3ccc(F)cc3)nc12. The summed E-state index contributed by atoms with van der Waals surface area (Å²) in [6.07, 6.45) is 3.57. The third-order valence-electron chi connectivity index (χ3n) is 4.85. The minimum absolute atomic E-state index is 0.256. The van der Waals surface area contributed by atoms with Gasteiger partial charge in [0, 0.05) is 37.6 Å². The minimum atomic E-state index is -0.305. The highest BCUT2D eigenvalue weighted by molar-refractivity contribution is 5.88. The van der Waals surface area contributed by atoms with E-state index in [1.807, 2.05) is 47.8 Å². The summed E-state index contributed by atoms with van der Waals surface area (Å²) < 4.78 is 15.5. The normalized spacial score (nSPS) is 11.4. The molecule has 5 rings (SSSR count). The van der Waals surface area contributed by atoms with Crippen molar-refractivity contribution in [3.8, 4) is 22.5 Å². The first-order valence-corrected chi connectivity index (χ1v) is 9.04. The number of anilines is 1. The summed E-state index contributed by atoms with van der Waals surface area (Å²) in [7, 11) is 3.82. The van der Waals surface area contributed by atoms with Crippen molar-refractivity contribution < 1.29 is 4.39 Å². The highest BCUT2D eigenvalue weighted by atomic mass is 19.1. The number of halogens is 1. The molecule has 0 bridgehead atoms. The Hall–Kier alpha value is -3.94. The third-order valence-corrected chi connectivity index (χ3v) is 4.85. The number of imidazole rings is 2. The number of nitrogens with zero attached hydrogens (tertiary/aromatic N) is 4. The van der Waals surface area contributed by atoms with Crippen molar-refractivity contribution in [2.75, 3.05) is 19.0 Å². The summed E-state index contributed by atoms with van der Waals surface area (Å²) in [5, 5.41) is 0. The third kappa shape index (κ3) is 2.77. The quantitative estimate of drug-likeness (QED) is 0.496. The Kier molecular flexibility index (Phi) is 3.73. The summed E-state index contributed by atoms with van der Waals surface area (Å²) in [5.41, 5.74) is 5.07. The molecular formula is C21H17FN6O. The average Bonchev–Trinajstić information content (AvgIpc) is 3.27. The lowest BCUT2D eigenvalue weighted by atomic mass is 10.0. The molecule has 0 aliphatic heterocycles. The second-order valence-corrected chi connectivity index (χ2v) is 6.99. The molecule has 5 aromatic rings. The van der Waals surface area contributed by atoms with Gasteiger partial charge in [-0.3, -0.25) is 4.40 Å². The highest BCUT2D eigenvalue weighted by Gasteiger charge is 2.19. The predicted octanol–water partition coefficient (Wildman–Crippen LogP) is 3.44. The van der Waals surface area contributed by atoms with Crippen LogP contribution in [0.5, 0.6) is 0 Å². The lowest BCUT2D eigenvalue weighted by Crippen LogP contribution is -2.12. The summed E-state index contributed by atoms with van der Waals surface area (Å²) >= 11 is 0. The number of hydrogen-bond donors (Lipinski definition) is 2. The van der Waals surface area contributed by atoms with Gasteiger partial charge in [-0.05, 0) is 36.4 Å². The van der Waals surface area contributed by atoms with Crippen LogP contribution in [0, 0.1) is 5.82 Å². The van der Waals surface area contributed by atoms with Crippen molar-refractivity contribution in [3.05, 3.63) is 71.2 Å². The van der Waals surface area contributed by atoms with Crippen LogP contribution in [0.1, 0.15) is 0 Å². The molecule has 0 amide bonds. The first kappa shape index (κ1) is 17.2. The molecule has 8 heteroatoms. The molecule has 3 heterocycles. The van der Waals surface area contributed by atoms with Crippen molar-refractivity contribution in [1.29, 1.82) is 0 Å². The number of aromatic amines is 2. The number of aromatic nitrogens is 5. The highest BCUT2D eigenvalue weighted by Crippen LogP contribution is 2.35. The fraction of sp³-hybridized carbons (Fsp3) is 0.0952. The molecule has 0 saturated heterocycles. The molecule has 2 N–H and O–H groups in total. The summed E-state index contributed by atoms with van der Waals surface area (Å²) in [6, 6.07) is 11.9. The summed E-state index contributed by atoms with van der Waals surface area (Å²) in [6.45, 7) is 0. The van der Waals surface area contributed by atoms with E-state index in [4.69, 9.17) is 4.98 Å². The molecule has 0 atom stereocenters. The van der Waals surface area contributed by atoms with Gasteiger partial charge in [0.1, 0.15) is 5.82 Å². The van der Waals surface area contributed by atoms with E-state index in [2.05, 4.69) is 15.0 Å². The van der Waals surface area contributed by atoms with E-state index in [1.165, 1.54) is 12.1 Å². The van der Waals surface area contributed by atoms with Crippen LogP contribution in [-0.4, -0.2) is 38.4 Å². The first-order valence-electron chi connectivity index (χ1n) is 9.04. The molecule has 0 fully saturated rings. The van der Waals surface area contributed by atoms with Crippen LogP contribution in [-0.2, 0) is 0 Å². The Bertz CT molecular complexity index is 1410. The second kappa shape index (κ2) is 6.30. The van der Waals surface area contributed by atoms with Crippen molar-refractivity contribution in [2.24, 2.45) is 0 Å². The van der Waals surface area contributed by atoms with Gasteiger partial charge in [-0.2, -0.15) is 0 Å². The monoisotopic (exact) mass is 388 g/mol. The maximum absolute atomic E-state index is 13.5. The molecule has 0 saturated carbocycles. The van der Waals surface area contributed by atoms with E-state index in [-0.39, 0.29) is 11.5 Å². The molecule has 3 aromatic heterocycles. The van der Waals surface area contributed by atoms with Crippen LogP contribution in [0.15, 0.2) is 59.7 Å². The van der Waals surface area contributed by atoms with Crippen LogP contribution < -0.4 is 10.6 Å². The van der Waals surface area contributed by atoms with Crippen molar-refractivity contribution in [3.63, 3.8) is 0 Å². The topological polar surface area (TPSA) is 82.1 Å². The largest absolute Gasteiger partial charge is 0.360 e. The Morgan fingerprint density at radius 1 is 1.00 bits per heavy atom. The van der Waals surface area contributed by atoms with E-state index in [0.29, 0.717) is 16.9 Å². The van der Waals surface area contributed by atoms with Crippen molar-refractivity contribution >= 4 is 22.5 Å². The van der Waals surface area contributed by atoms with Gasteiger partial charge >= 0.3 is 5.69 Å². The molecule has 7 nitrogen and oxygen atoms in total. The number of hydrogen-bond acceptors (Lipinski definition) is 4. The van der Waals surface area contributed by atoms with Gasteiger partial charge in [0.15, 0.2) is 11.5 Å². The first-order chi connectivity index (χ1) is 14.0. The van der Waals surface area contributed by atoms with Gasteiger partial charge in [-0.25, -0.2) is 19.2 Å². The fourth-order valence-corrected chi connectivity index (χ4v) is 3.54. The zero-order valence-corrected chi connectivity index (χ0v) is 15.8. The van der Waals surface area contributed by atoms with Crippen LogP contribution in [0.4, 0.5) is 10.2 Å². The van der Waals surface area contributed by atoms with Crippen LogP contribution in [0.2, 0.25) is 0 Å². The number of benzene rings is 2. The zero-order chi connectivity index (χ0) is 20.1. The van der Waals surface area contributed by atoms with E-state index < -0.39 is 0 Å². The lowest BCUT2D eigenvalue weighted by Gasteiger charge is -2.12. The molecule has 29 heavy (non-hydrogen) atoms. The van der Waals surface area contributed by atoms with E-state index in [9.17, 15) is 9.18 Å². The molecule has 0 spiro atoms. The fourth-order valence-electron chi connectivity index (χ4n) is 3.54. The maximum Gasteiger partial charge on any atom is 0.323 e. The second-order valence-electron chi connectivity index (χ2n) is 6.99. The van der Waals surface area contributed by atoms with Crippen LogP contribution in [0.25, 0.3) is 39.2 Å². The van der Waals surface area contributed by atoms with E-state index in [0.717, 1.165) is 28.2 Å². The van der Waals surface area contributed by atoms with E-state index >= 15 is 0 Å². The van der Waals surface area contributed by atoms with Crippen molar-refractivity contribution in [2.45, 2.75) is 0 Å². The predicted molar refractivity (Wildman–Crippen MR) is 111 cm³/mol. The molecule has 0 radical (unpaired) electrons. The maximum atomic E-state index is 13.5. The van der Waals surface area contributed by atoms with Crippen LogP contribution in [0.3, 0.4) is 0 Å².